The van der Waals surface area contributed by atoms with Gasteiger partial charge in [0, 0.05) is 17.8 Å². The maximum absolute atomic E-state index is 11.6. The highest BCUT2D eigenvalue weighted by atomic mass is 16.4. The maximum Gasteiger partial charge on any atom is 0.306 e. The minimum Gasteiger partial charge on any atom is -0.481 e. The van der Waals surface area contributed by atoms with Crippen LogP contribution in [-0.2, 0) is 9.59 Å². The van der Waals surface area contributed by atoms with Gasteiger partial charge in [-0.2, -0.15) is 0 Å². The summed E-state index contributed by atoms with van der Waals surface area (Å²) < 4.78 is 0.961. The number of quaternary nitrogens is 1. The second-order valence-corrected chi connectivity index (χ2v) is 7.24. The zero-order chi connectivity index (χ0) is 16.2. The standard InChI is InChI=1S/C16H30N2O3/c1-5-11(15(17)19)7-13(16(20)21)8-14-10-18(3,4)9-12(14)6-2/h11-14H,5-10H2,1-4H3,(H2-,17,19,20,21)/p+1. The predicted octanol–water partition coefficient (Wildman–Crippen LogP) is 1.71. The molecule has 5 nitrogen and oxygen atoms in total. The molecule has 0 aromatic rings. The molecule has 0 aromatic heterocycles. The van der Waals surface area contributed by atoms with Crippen LogP contribution in [0.15, 0.2) is 0 Å². The first-order valence-electron chi connectivity index (χ1n) is 8.04. The summed E-state index contributed by atoms with van der Waals surface area (Å²) in [4.78, 5) is 22.9. The van der Waals surface area contributed by atoms with Crippen molar-refractivity contribution in [2.24, 2.45) is 29.4 Å². The van der Waals surface area contributed by atoms with Gasteiger partial charge in [0.15, 0.2) is 0 Å². The molecule has 1 aliphatic rings. The lowest BCUT2D eigenvalue weighted by Crippen LogP contribution is -2.37. The van der Waals surface area contributed by atoms with Crippen LogP contribution in [0.4, 0.5) is 0 Å². The first kappa shape index (κ1) is 18.0. The molecule has 4 atom stereocenters. The fourth-order valence-corrected chi connectivity index (χ4v) is 3.86. The van der Waals surface area contributed by atoms with Crippen LogP contribution in [-0.4, -0.2) is 48.7 Å². The minimum absolute atomic E-state index is 0.324. The Bertz CT molecular complexity index is 382. The molecule has 4 unspecified atom stereocenters. The van der Waals surface area contributed by atoms with Crippen molar-refractivity contribution in [3.63, 3.8) is 0 Å². The molecule has 1 rings (SSSR count). The normalized spacial score (nSPS) is 27.2. The van der Waals surface area contributed by atoms with E-state index in [1.807, 2.05) is 6.92 Å². The number of carbonyl (C=O) groups is 2. The summed E-state index contributed by atoms with van der Waals surface area (Å²) in [6.45, 7) is 6.20. The number of rotatable bonds is 8. The number of nitrogens with two attached hydrogens (primary N) is 1. The Morgan fingerprint density at radius 1 is 1.19 bits per heavy atom. The summed E-state index contributed by atoms with van der Waals surface area (Å²) in [6.07, 6.45) is 2.75. The van der Waals surface area contributed by atoms with Crippen LogP contribution in [0.3, 0.4) is 0 Å². The molecule has 1 fully saturated rings. The third kappa shape index (κ3) is 4.99. The highest BCUT2D eigenvalue weighted by molar-refractivity contribution is 5.78. The molecule has 1 aliphatic heterocycles. The van der Waals surface area contributed by atoms with Gasteiger partial charge in [-0.05, 0) is 25.7 Å². The van der Waals surface area contributed by atoms with Crippen LogP contribution >= 0.6 is 0 Å². The lowest BCUT2D eigenvalue weighted by Gasteiger charge is -2.24. The number of nitrogens with zero attached hydrogens (tertiary/aromatic N) is 1. The fourth-order valence-electron chi connectivity index (χ4n) is 3.86. The van der Waals surface area contributed by atoms with Gasteiger partial charge < -0.3 is 15.3 Å². The number of hydrogen-bond donors (Lipinski definition) is 2. The van der Waals surface area contributed by atoms with Crippen LogP contribution in [0.2, 0.25) is 0 Å². The van der Waals surface area contributed by atoms with E-state index in [2.05, 4.69) is 21.0 Å². The van der Waals surface area contributed by atoms with Crippen molar-refractivity contribution < 1.29 is 19.2 Å². The number of carboxylic acids is 1. The van der Waals surface area contributed by atoms with Crippen molar-refractivity contribution in [2.45, 2.75) is 39.5 Å². The van der Waals surface area contributed by atoms with Crippen molar-refractivity contribution in [1.82, 2.24) is 0 Å². The lowest BCUT2D eigenvalue weighted by molar-refractivity contribution is -0.880. The molecule has 0 saturated carbocycles. The molecule has 5 heteroatoms. The molecule has 3 N–H and O–H groups in total. The molecular formula is C16H31N2O3+. The number of primary amides is 1. The Morgan fingerprint density at radius 3 is 2.19 bits per heavy atom. The summed E-state index contributed by atoms with van der Waals surface area (Å²) in [7, 11) is 4.41. The summed E-state index contributed by atoms with van der Waals surface area (Å²) in [5, 5.41) is 9.49. The Balaban J connectivity index is 2.74. The quantitative estimate of drug-likeness (QED) is 0.670. The van der Waals surface area contributed by atoms with Crippen LogP contribution in [0.1, 0.15) is 39.5 Å². The molecule has 1 saturated heterocycles. The fraction of sp³-hybridized carbons (Fsp3) is 0.875. The van der Waals surface area contributed by atoms with E-state index in [0.717, 1.165) is 24.0 Å². The van der Waals surface area contributed by atoms with E-state index in [1.165, 1.54) is 0 Å². The number of hydrogen-bond acceptors (Lipinski definition) is 2. The maximum atomic E-state index is 11.6. The lowest BCUT2D eigenvalue weighted by atomic mass is 9.81. The highest BCUT2D eigenvalue weighted by Gasteiger charge is 2.41. The molecule has 0 aliphatic carbocycles. The third-order valence-electron chi connectivity index (χ3n) is 5.05. The molecule has 122 valence electrons. The highest BCUT2D eigenvalue weighted by Crippen LogP contribution is 2.35. The van der Waals surface area contributed by atoms with Gasteiger partial charge in [0.25, 0.3) is 0 Å². The van der Waals surface area contributed by atoms with Crippen LogP contribution in [0, 0.1) is 23.7 Å². The zero-order valence-electron chi connectivity index (χ0n) is 13.8. The number of amides is 1. The van der Waals surface area contributed by atoms with Crippen molar-refractivity contribution in [2.75, 3.05) is 27.2 Å². The molecule has 1 heterocycles. The van der Waals surface area contributed by atoms with E-state index < -0.39 is 11.9 Å². The second-order valence-electron chi connectivity index (χ2n) is 7.24. The first-order chi connectivity index (χ1) is 9.70. The van der Waals surface area contributed by atoms with Crippen molar-refractivity contribution >= 4 is 11.9 Å². The third-order valence-corrected chi connectivity index (χ3v) is 5.05. The van der Waals surface area contributed by atoms with Gasteiger partial charge >= 0.3 is 5.97 Å². The van der Waals surface area contributed by atoms with Gasteiger partial charge in [-0.1, -0.05) is 13.8 Å². The van der Waals surface area contributed by atoms with E-state index in [4.69, 9.17) is 5.73 Å². The van der Waals surface area contributed by atoms with Crippen molar-refractivity contribution in [1.29, 1.82) is 0 Å². The molecule has 0 bridgehead atoms. The number of aliphatic carboxylic acids is 1. The first-order valence-corrected chi connectivity index (χ1v) is 8.04. The summed E-state index contributed by atoms with van der Waals surface area (Å²) in [5.41, 5.74) is 5.37. The van der Waals surface area contributed by atoms with E-state index in [-0.39, 0.29) is 11.8 Å². The molecular weight excluding hydrogens is 268 g/mol. The van der Waals surface area contributed by atoms with E-state index >= 15 is 0 Å². The minimum atomic E-state index is -0.790. The van der Waals surface area contributed by atoms with Crippen LogP contribution < -0.4 is 5.73 Å². The van der Waals surface area contributed by atoms with Gasteiger partial charge in [-0.3, -0.25) is 9.59 Å². The molecule has 0 spiro atoms. The summed E-state index contributed by atoms with van der Waals surface area (Å²) >= 11 is 0. The topological polar surface area (TPSA) is 80.4 Å². The SMILES string of the molecule is CCC(CC(CC1C[N+](C)(C)CC1CC)C(=O)O)C(N)=O. The number of carboxylic acid groups (broad SMARTS) is 1. The number of likely N-dealkylation sites (tertiary alicyclic amines) is 1. The Hall–Kier alpha value is -1.10. The molecule has 0 radical (unpaired) electrons. The zero-order valence-corrected chi connectivity index (χ0v) is 13.8. The van der Waals surface area contributed by atoms with Crippen LogP contribution in [0.5, 0.6) is 0 Å². The largest absolute Gasteiger partial charge is 0.481 e. The Labute approximate surface area is 128 Å². The molecule has 0 aromatic carbocycles. The average Bonchev–Trinajstić information content (AvgIpc) is 2.67. The van der Waals surface area contributed by atoms with E-state index in [0.29, 0.717) is 31.1 Å². The molecule has 1 amide bonds. The monoisotopic (exact) mass is 299 g/mol. The average molecular weight is 299 g/mol. The Kier molecular flexibility index (Phi) is 6.20. The van der Waals surface area contributed by atoms with E-state index in [1.54, 1.807) is 0 Å². The van der Waals surface area contributed by atoms with Gasteiger partial charge in [0.2, 0.25) is 5.91 Å². The van der Waals surface area contributed by atoms with Crippen molar-refractivity contribution in [3.05, 3.63) is 0 Å². The van der Waals surface area contributed by atoms with Crippen LogP contribution in [0.25, 0.3) is 0 Å². The predicted molar refractivity (Wildman–Crippen MR) is 82.4 cm³/mol. The van der Waals surface area contributed by atoms with Gasteiger partial charge in [-0.25, -0.2) is 0 Å². The smallest absolute Gasteiger partial charge is 0.306 e. The Morgan fingerprint density at radius 2 is 1.76 bits per heavy atom. The number of carbonyl (C=O) groups excluding carboxylic acids is 1. The summed E-state index contributed by atoms with van der Waals surface area (Å²) in [6, 6.07) is 0. The van der Waals surface area contributed by atoms with E-state index in [9.17, 15) is 14.7 Å². The molecule has 21 heavy (non-hydrogen) atoms. The van der Waals surface area contributed by atoms with Crippen molar-refractivity contribution in [3.8, 4) is 0 Å². The van der Waals surface area contributed by atoms with Gasteiger partial charge in [0.05, 0.1) is 33.1 Å². The summed E-state index contributed by atoms with van der Waals surface area (Å²) in [5.74, 6) is -0.943. The second kappa shape index (κ2) is 7.25. The van der Waals surface area contributed by atoms with Gasteiger partial charge in [-0.15, -0.1) is 0 Å². The van der Waals surface area contributed by atoms with Gasteiger partial charge in [0.1, 0.15) is 0 Å².